The average Bonchev–Trinajstić information content (AvgIpc) is 3.01. The van der Waals surface area contributed by atoms with E-state index in [2.05, 4.69) is 9.74 Å². The summed E-state index contributed by atoms with van der Waals surface area (Å²) in [5, 5.41) is 9.49. The van der Waals surface area contributed by atoms with Gasteiger partial charge in [-0.25, -0.2) is 9.64 Å². The fraction of sp³-hybridized carbons (Fsp3) is 0.294. The molecular formula is C17H16N2O3S2. The van der Waals surface area contributed by atoms with Crippen molar-refractivity contribution in [3.8, 4) is 11.1 Å². The van der Waals surface area contributed by atoms with Gasteiger partial charge in [0.1, 0.15) is 4.88 Å². The van der Waals surface area contributed by atoms with Crippen LogP contribution in [0.15, 0.2) is 28.5 Å². The van der Waals surface area contributed by atoms with Crippen LogP contribution >= 0.6 is 23.1 Å². The average molecular weight is 360 g/mol. The van der Waals surface area contributed by atoms with Crippen LogP contribution in [0.25, 0.3) is 16.0 Å². The highest BCUT2D eigenvalue weighted by atomic mass is 32.2. The minimum atomic E-state index is -0.988. The molecule has 0 bridgehead atoms. The van der Waals surface area contributed by atoms with Gasteiger partial charge in [-0.15, -0.1) is 23.1 Å². The lowest BCUT2D eigenvalue weighted by Crippen LogP contribution is -2.36. The van der Waals surface area contributed by atoms with Crippen LogP contribution in [0.4, 0.5) is 11.4 Å². The van der Waals surface area contributed by atoms with Crippen LogP contribution in [0.2, 0.25) is 0 Å². The molecule has 124 valence electrons. The second kappa shape index (κ2) is 7.26. The van der Waals surface area contributed by atoms with E-state index in [0.717, 1.165) is 28.5 Å². The van der Waals surface area contributed by atoms with E-state index < -0.39 is 5.97 Å². The molecule has 1 N–H and O–H groups in total. The molecule has 3 rings (SSSR count). The van der Waals surface area contributed by atoms with Gasteiger partial charge in [0.25, 0.3) is 0 Å². The Morgan fingerprint density at radius 2 is 2.00 bits per heavy atom. The Balaban J connectivity index is 2.01. The van der Waals surface area contributed by atoms with Crippen LogP contribution in [0, 0.1) is 6.57 Å². The number of carbonyl (C=O) groups is 1. The molecule has 0 aliphatic carbocycles. The number of nitrogens with zero attached hydrogens (tertiary/aromatic N) is 2. The minimum absolute atomic E-state index is 0.226. The molecule has 5 nitrogen and oxygen atoms in total. The molecular weight excluding hydrogens is 344 g/mol. The van der Waals surface area contributed by atoms with E-state index in [0.29, 0.717) is 24.5 Å². The second-order valence-electron chi connectivity index (χ2n) is 5.21. The highest BCUT2D eigenvalue weighted by Crippen LogP contribution is 2.47. The van der Waals surface area contributed by atoms with E-state index in [1.54, 1.807) is 0 Å². The van der Waals surface area contributed by atoms with Gasteiger partial charge in [0.05, 0.1) is 24.0 Å². The van der Waals surface area contributed by atoms with E-state index in [4.69, 9.17) is 11.3 Å². The zero-order valence-electron chi connectivity index (χ0n) is 13.1. The molecule has 1 aliphatic heterocycles. The Morgan fingerprint density at radius 1 is 1.33 bits per heavy atom. The maximum atomic E-state index is 11.6. The van der Waals surface area contributed by atoms with Crippen LogP contribution in [0.1, 0.15) is 9.67 Å². The van der Waals surface area contributed by atoms with Crippen molar-refractivity contribution < 1.29 is 14.6 Å². The van der Waals surface area contributed by atoms with Gasteiger partial charge >= 0.3 is 5.97 Å². The molecule has 1 aromatic heterocycles. The zero-order valence-corrected chi connectivity index (χ0v) is 14.7. The molecule has 0 spiro atoms. The number of rotatable bonds is 4. The smallest absolute Gasteiger partial charge is 0.345 e. The molecule has 1 aliphatic rings. The summed E-state index contributed by atoms with van der Waals surface area (Å²) in [7, 11) is 0. The number of carboxylic acid groups (broad SMARTS) is 1. The van der Waals surface area contributed by atoms with Crippen molar-refractivity contribution in [2.75, 3.05) is 37.5 Å². The van der Waals surface area contributed by atoms with Crippen LogP contribution < -0.4 is 4.90 Å². The number of carboxylic acids is 1. The molecule has 24 heavy (non-hydrogen) atoms. The van der Waals surface area contributed by atoms with Gasteiger partial charge in [0.15, 0.2) is 0 Å². The number of morpholine rings is 1. The molecule has 0 radical (unpaired) electrons. The summed E-state index contributed by atoms with van der Waals surface area (Å²) in [5.41, 5.74) is 2.82. The Hall–Kier alpha value is -2.01. The molecule has 0 unspecified atom stereocenters. The first-order valence-electron chi connectivity index (χ1n) is 7.40. The number of hydrogen-bond donors (Lipinski definition) is 1. The summed E-state index contributed by atoms with van der Waals surface area (Å²) in [6.45, 7) is 10.6. The highest BCUT2D eigenvalue weighted by Gasteiger charge is 2.23. The van der Waals surface area contributed by atoms with Crippen molar-refractivity contribution >= 4 is 40.4 Å². The van der Waals surface area contributed by atoms with Crippen LogP contribution in [0.5, 0.6) is 0 Å². The lowest BCUT2D eigenvalue weighted by Gasteiger charge is -2.28. The largest absolute Gasteiger partial charge is 0.477 e. The Labute approximate surface area is 148 Å². The number of hydrogen-bond acceptors (Lipinski definition) is 5. The number of thioether (sulfide) groups is 1. The van der Waals surface area contributed by atoms with Crippen molar-refractivity contribution in [3.05, 3.63) is 40.6 Å². The van der Waals surface area contributed by atoms with E-state index in [9.17, 15) is 9.90 Å². The Morgan fingerprint density at radius 3 is 2.54 bits per heavy atom. The number of anilines is 1. The standard InChI is InChI=1S/C17H16N2O3S2/c1-18-14-13(15(16(20)21)24-17(14)23-2)11-3-5-12(6-4-11)19-7-9-22-10-8-19/h3-6H,7-10H2,2H3,(H,20,21). The fourth-order valence-electron chi connectivity index (χ4n) is 2.72. The summed E-state index contributed by atoms with van der Waals surface area (Å²) in [6, 6.07) is 7.77. The number of aromatic carboxylic acids is 1. The van der Waals surface area contributed by atoms with Crippen LogP contribution in [-0.4, -0.2) is 43.6 Å². The molecule has 0 saturated carbocycles. The highest BCUT2D eigenvalue weighted by molar-refractivity contribution is 8.00. The molecule has 2 aromatic rings. The van der Waals surface area contributed by atoms with Crippen molar-refractivity contribution in [1.82, 2.24) is 0 Å². The third-order valence-electron chi connectivity index (χ3n) is 3.88. The monoisotopic (exact) mass is 360 g/mol. The summed E-state index contributed by atoms with van der Waals surface area (Å²) < 4.78 is 6.11. The van der Waals surface area contributed by atoms with Crippen LogP contribution in [-0.2, 0) is 4.74 Å². The van der Waals surface area contributed by atoms with Crippen molar-refractivity contribution in [2.45, 2.75) is 4.21 Å². The summed E-state index contributed by atoms with van der Waals surface area (Å²) in [6.07, 6.45) is 1.86. The molecule has 1 aromatic carbocycles. The first kappa shape index (κ1) is 16.8. The predicted octanol–water partition coefficient (Wildman–Crippen LogP) is 4.22. The minimum Gasteiger partial charge on any atom is -0.477 e. The molecule has 0 atom stereocenters. The summed E-state index contributed by atoms with van der Waals surface area (Å²) in [4.78, 5) is 17.6. The van der Waals surface area contributed by atoms with E-state index in [1.165, 1.54) is 23.1 Å². The number of benzene rings is 1. The SMILES string of the molecule is [C-]#[N+]c1c(SC)sc(C(=O)O)c1-c1ccc(N2CCOCC2)cc1. The molecule has 1 fully saturated rings. The molecule has 7 heteroatoms. The number of ether oxygens (including phenoxy) is 1. The Bertz CT molecular complexity index is 787. The Kier molecular flexibility index (Phi) is 5.09. The lowest BCUT2D eigenvalue weighted by atomic mass is 10.0. The summed E-state index contributed by atoms with van der Waals surface area (Å²) in [5.74, 6) is -0.988. The predicted molar refractivity (Wildman–Crippen MR) is 97.8 cm³/mol. The zero-order chi connectivity index (χ0) is 17.1. The van der Waals surface area contributed by atoms with Gasteiger partial charge in [-0.1, -0.05) is 12.1 Å². The normalized spacial score (nSPS) is 14.4. The third kappa shape index (κ3) is 3.13. The van der Waals surface area contributed by atoms with Crippen LogP contribution in [0.3, 0.4) is 0 Å². The van der Waals surface area contributed by atoms with Gasteiger partial charge < -0.3 is 14.7 Å². The van der Waals surface area contributed by atoms with Gasteiger partial charge in [0.2, 0.25) is 5.69 Å². The topological polar surface area (TPSA) is 54.1 Å². The van der Waals surface area contributed by atoms with E-state index in [1.807, 2.05) is 30.5 Å². The number of thiophene rings is 1. The fourth-order valence-corrected chi connectivity index (χ4v) is 4.48. The first-order valence-corrected chi connectivity index (χ1v) is 9.44. The molecule has 1 saturated heterocycles. The van der Waals surface area contributed by atoms with Crippen molar-refractivity contribution in [3.63, 3.8) is 0 Å². The third-order valence-corrected chi connectivity index (χ3v) is 6.15. The second-order valence-corrected chi connectivity index (χ2v) is 7.31. The van der Waals surface area contributed by atoms with E-state index in [-0.39, 0.29) is 4.88 Å². The lowest BCUT2D eigenvalue weighted by molar-refractivity contribution is 0.0703. The summed E-state index contributed by atoms with van der Waals surface area (Å²) >= 11 is 2.58. The van der Waals surface area contributed by atoms with Gasteiger partial charge in [0, 0.05) is 24.3 Å². The van der Waals surface area contributed by atoms with E-state index >= 15 is 0 Å². The molecule has 0 amide bonds. The quantitative estimate of drug-likeness (QED) is 0.653. The van der Waals surface area contributed by atoms with Gasteiger partial charge in [-0.2, -0.15) is 0 Å². The van der Waals surface area contributed by atoms with Gasteiger partial charge in [-0.3, -0.25) is 0 Å². The maximum absolute atomic E-state index is 11.6. The molecule has 2 heterocycles. The maximum Gasteiger partial charge on any atom is 0.345 e. The van der Waals surface area contributed by atoms with Gasteiger partial charge in [-0.05, 0) is 24.0 Å². The van der Waals surface area contributed by atoms with Crippen molar-refractivity contribution in [2.24, 2.45) is 0 Å². The van der Waals surface area contributed by atoms with Crippen molar-refractivity contribution in [1.29, 1.82) is 0 Å². The first-order chi connectivity index (χ1) is 11.7.